The van der Waals surface area contributed by atoms with Crippen molar-refractivity contribution in [3.05, 3.63) is 47.0 Å². The molecular formula is C15H22O2. The Hall–Kier alpha value is -1.12. The fraction of sp³-hybridized carbons (Fsp3) is 0.467. The van der Waals surface area contributed by atoms with Crippen LogP contribution in [0.4, 0.5) is 0 Å². The van der Waals surface area contributed by atoms with Crippen molar-refractivity contribution in [2.24, 2.45) is 0 Å². The van der Waals surface area contributed by atoms with E-state index in [1.807, 2.05) is 45.0 Å². The van der Waals surface area contributed by atoms with Crippen molar-refractivity contribution in [2.45, 2.75) is 45.8 Å². The monoisotopic (exact) mass is 234 g/mol. The van der Waals surface area contributed by atoms with Gasteiger partial charge in [-0.3, -0.25) is 0 Å². The molecule has 0 bridgehead atoms. The predicted molar refractivity (Wildman–Crippen MR) is 70.8 cm³/mol. The number of hydrogen-bond donors (Lipinski definition) is 2. The molecule has 0 spiro atoms. The van der Waals surface area contributed by atoms with Gasteiger partial charge in [0, 0.05) is 6.42 Å². The normalized spacial score (nSPS) is 16.1. The van der Waals surface area contributed by atoms with Crippen LogP contribution in [0.1, 0.15) is 38.3 Å². The van der Waals surface area contributed by atoms with Gasteiger partial charge in [0.25, 0.3) is 0 Å². The van der Waals surface area contributed by atoms with Gasteiger partial charge in [-0.2, -0.15) is 0 Å². The van der Waals surface area contributed by atoms with Gasteiger partial charge in [0.2, 0.25) is 0 Å². The zero-order valence-electron chi connectivity index (χ0n) is 11.1. The van der Waals surface area contributed by atoms with Crippen molar-refractivity contribution >= 4 is 0 Å². The summed E-state index contributed by atoms with van der Waals surface area (Å²) in [5.74, 6) is 0. The molecule has 0 aliphatic carbocycles. The van der Waals surface area contributed by atoms with Gasteiger partial charge >= 0.3 is 0 Å². The topological polar surface area (TPSA) is 40.5 Å². The van der Waals surface area contributed by atoms with Gasteiger partial charge in [-0.1, -0.05) is 41.5 Å². The molecule has 2 N–H and O–H groups in total. The number of hydrogen-bond acceptors (Lipinski definition) is 2. The van der Waals surface area contributed by atoms with E-state index in [9.17, 15) is 10.2 Å². The van der Waals surface area contributed by atoms with Gasteiger partial charge in [0.15, 0.2) is 0 Å². The van der Waals surface area contributed by atoms with Crippen molar-refractivity contribution in [1.82, 2.24) is 0 Å². The minimum Gasteiger partial charge on any atom is -0.389 e. The number of aliphatic hydroxyl groups excluding tert-OH is 1. The van der Waals surface area contributed by atoms with E-state index in [1.165, 1.54) is 0 Å². The summed E-state index contributed by atoms with van der Waals surface area (Å²) < 4.78 is 0. The molecule has 17 heavy (non-hydrogen) atoms. The molecule has 1 aromatic rings. The first-order valence-electron chi connectivity index (χ1n) is 5.94. The molecule has 0 radical (unpaired) electrons. The second-order valence-corrected chi connectivity index (χ2v) is 5.16. The SMILES string of the molecule is CC(C)=CC(O)C[C@](C)(O)c1ccc(C)cc1. The molecule has 2 nitrogen and oxygen atoms in total. The van der Waals surface area contributed by atoms with Crippen LogP contribution in [-0.4, -0.2) is 16.3 Å². The van der Waals surface area contributed by atoms with Crippen molar-refractivity contribution in [1.29, 1.82) is 0 Å². The van der Waals surface area contributed by atoms with E-state index in [-0.39, 0.29) is 0 Å². The highest BCUT2D eigenvalue weighted by Gasteiger charge is 2.25. The van der Waals surface area contributed by atoms with Crippen LogP contribution < -0.4 is 0 Å². The minimum atomic E-state index is -1.00. The van der Waals surface area contributed by atoms with Crippen LogP contribution >= 0.6 is 0 Å². The summed E-state index contributed by atoms with van der Waals surface area (Å²) in [6.45, 7) is 7.61. The Bertz CT molecular complexity index is 384. The Morgan fingerprint density at radius 2 is 1.82 bits per heavy atom. The zero-order chi connectivity index (χ0) is 13.1. The lowest BCUT2D eigenvalue weighted by atomic mass is 9.89. The van der Waals surface area contributed by atoms with Gasteiger partial charge in [0.1, 0.15) is 0 Å². The molecule has 0 amide bonds. The van der Waals surface area contributed by atoms with E-state index >= 15 is 0 Å². The number of rotatable bonds is 4. The summed E-state index contributed by atoms with van der Waals surface area (Å²) in [6, 6.07) is 7.75. The van der Waals surface area contributed by atoms with Gasteiger partial charge in [0.05, 0.1) is 11.7 Å². The Morgan fingerprint density at radius 3 is 2.29 bits per heavy atom. The maximum Gasteiger partial charge on any atom is 0.0896 e. The number of aryl methyl sites for hydroxylation is 1. The molecule has 0 saturated heterocycles. The first-order valence-corrected chi connectivity index (χ1v) is 5.94. The Kier molecular flexibility index (Phi) is 4.49. The average molecular weight is 234 g/mol. The second kappa shape index (κ2) is 5.48. The third-order valence-corrected chi connectivity index (χ3v) is 2.81. The Balaban J connectivity index is 2.81. The molecule has 1 unspecified atom stereocenters. The van der Waals surface area contributed by atoms with Crippen molar-refractivity contribution in [3.8, 4) is 0 Å². The summed E-state index contributed by atoms with van der Waals surface area (Å²) in [7, 11) is 0. The van der Waals surface area contributed by atoms with E-state index in [1.54, 1.807) is 13.0 Å². The molecule has 0 aliphatic heterocycles. The zero-order valence-corrected chi connectivity index (χ0v) is 11.1. The van der Waals surface area contributed by atoms with E-state index in [4.69, 9.17) is 0 Å². The van der Waals surface area contributed by atoms with Crippen LogP contribution in [0.5, 0.6) is 0 Å². The highest BCUT2D eigenvalue weighted by atomic mass is 16.3. The molecule has 1 rings (SSSR count). The molecule has 0 fully saturated rings. The fourth-order valence-corrected chi connectivity index (χ4v) is 1.88. The third-order valence-electron chi connectivity index (χ3n) is 2.81. The molecule has 0 aromatic heterocycles. The molecule has 2 heteroatoms. The first kappa shape index (κ1) is 13.9. The molecule has 0 aliphatic rings. The van der Waals surface area contributed by atoms with E-state index < -0.39 is 11.7 Å². The minimum absolute atomic E-state index is 0.307. The number of allylic oxidation sites excluding steroid dienone is 1. The predicted octanol–water partition coefficient (Wildman–Crippen LogP) is 2.92. The van der Waals surface area contributed by atoms with Crippen LogP contribution in [0.25, 0.3) is 0 Å². The second-order valence-electron chi connectivity index (χ2n) is 5.16. The average Bonchev–Trinajstić information content (AvgIpc) is 2.15. The third kappa shape index (κ3) is 4.33. The summed E-state index contributed by atoms with van der Waals surface area (Å²) >= 11 is 0. The lowest BCUT2D eigenvalue weighted by molar-refractivity contribution is 0.0129. The highest BCUT2D eigenvalue weighted by Crippen LogP contribution is 2.26. The summed E-state index contributed by atoms with van der Waals surface area (Å²) in [5.41, 5.74) is 2.05. The standard InChI is InChI=1S/C15H22O2/c1-11(2)9-14(16)10-15(4,17)13-7-5-12(3)6-8-13/h5-9,14,16-17H,10H2,1-4H3/t14?,15-/m0/s1. The van der Waals surface area contributed by atoms with Crippen LogP contribution in [0.15, 0.2) is 35.9 Å². The maximum absolute atomic E-state index is 10.4. The molecule has 1 aromatic carbocycles. The van der Waals surface area contributed by atoms with Gasteiger partial charge < -0.3 is 10.2 Å². The number of benzene rings is 1. The van der Waals surface area contributed by atoms with E-state index in [0.29, 0.717) is 6.42 Å². The summed E-state index contributed by atoms with van der Waals surface area (Å²) in [4.78, 5) is 0. The molecule has 0 saturated carbocycles. The molecule has 0 heterocycles. The summed E-state index contributed by atoms with van der Waals surface area (Å²) in [6.07, 6.45) is 1.46. The first-order chi connectivity index (χ1) is 7.81. The Morgan fingerprint density at radius 1 is 1.29 bits per heavy atom. The molecule has 94 valence electrons. The van der Waals surface area contributed by atoms with Crippen LogP contribution in [0, 0.1) is 6.92 Å². The lowest BCUT2D eigenvalue weighted by Gasteiger charge is -2.26. The van der Waals surface area contributed by atoms with Crippen molar-refractivity contribution < 1.29 is 10.2 Å². The van der Waals surface area contributed by atoms with Gasteiger partial charge in [-0.15, -0.1) is 0 Å². The summed E-state index contributed by atoms with van der Waals surface area (Å²) in [5, 5.41) is 20.2. The van der Waals surface area contributed by atoms with Crippen LogP contribution in [0.3, 0.4) is 0 Å². The smallest absolute Gasteiger partial charge is 0.0896 e. The molecular weight excluding hydrogens is 212 g/mol. The van der Waals surface area contributed by atoms with Crippen molar-refractivity contribution in [2.75, 3.05) is 0 Å². The highest BCUT2D eigenvalue weighted by molar-refractivity contribution is 5.26. The van der Waals surface area contributed by atoms with Crippen molar-refractivity contribution in [3.63, 3.8) is 0 Å². The molecule has 2 atom stereocenters. The van der Waals surface area contributed by atoms with Crippen LogP contribution in [0.2, 0.25) is 0 Å². The van der Waals surface area contributed by atoms with Gasteiger partial charge in [-0.05, 0) is 33.3 Å². The van der Waals surface area contributed by atoms with Gasteiger partial charge in [-0.25, -0.2) is 0 Å². The maximum atomic E-state index is 10.4. The lowest BCUT2D eigenvalue weighted by Crippen LogP contribution is -2.26. The van der Waals surface area contributed by atoms with E-state index in [0.717, 1.165) is 16.7 Å². The van der Waals surface area contributed by atoms with Crippen LogP contribution in [-0.2, 0) is 5.60 Å². The van der Waals surface area contributed by atoms with E-state index in [2.05, 4.69) is 0 Å². The fourth-order valence-electron chi connectivity index (χ4n) is 1.88. The number of aliphatic hydroxyl groups is 2. The Labute approximate surface area is 104 Å². The quantitative estimate of drug-likeness (QED) is 0.786. The largest absolute Gasteiger partial charge is 0.389 e.